The summed E-state index contributed by atoms with van der Waals surface area (Å²) in [5.74, 6) is -0.754. The lowest BCUT2D eigenvalue weighted by molar-refractivity contribution is 0.475. The van der Waals surface area contributed by atoms with Gasteiger partial charge in [-0.05, 0) is 53.1 Å². The van der Waals surface area contributed by atoms with Crippen LogP contribution in [0.2, 0.25) is 0 Å². The molecule has 5 nitrogen and oxygen atoms in total. The molecule has 0 aliphatic heterocycles. The predicted octanol–water partition coefficient (Wildman–Crippen LogP) is 6.89. The molecule has 0 radical (unpaired) electrons. The van der Waals surface area contributed by atoms with Gasteiger partial charge in [-0.15, -0.1) is 0 Å². The van der Waals surface area contributed by atoms with Crippen LogP contribution in [0.5, 0.6) is 11.5 Å². The Morgan fingerprint density at radius 3 is 2.43 bits per heavy atom. The van der Waals surface area contributed by atoms with Crippen molar-refractivity contribution in [1.82, 2.24) is 15.0 Å². The zero-order valence-corrected chi connectivity index (χ0v) is 19.5. The molecule has 0 amide bonds. The van der Waals surface area contributed by atoms with Crippen LogP contribution >= 0.6 is 0 Å². The second-order valence-electron chi connectivity index (χ2n) is 8.79. The Balaban J connectivity index is 1.86. The van der Waals surface area contributed by atoms with Crippen molar-refractivity contribution >= 4 is 21.7 Å². The zero-order valence-electron chi connectivity index (χ0n) is 19.5. The van der Waals surface area contributed by atoms with Gasteiger partial charge in [-0.25, -0.2) is 18.7 Å². The number of pyridine rings is 1. The number of phenolic OH excluding ortho intramolecular Hbond substituents is 2. The minimum Gasteiger partial charge on any atom is -0.508 e. The van der Waals surface area contributed by atoms with Crippen molar-refractivity contribution in [1.29, 1.82) is 0 Å². The first-order valence-corrected chi connectivity index (χ1v) is 11.4. The molecule has 0 unspecified atom stereocenters. The summed E-state index contributed by atoms with van der Waals surface area (Å²) >= 11 is 0. The van der Waals surface area contributed by atoms with Gasteiger partial charge in [0, 0.05) is 28.6 Å². The molecule has 0 fully saturated rings. The summed E-state index contributed by atoms with van der Waals surface area (Å²) in [5.41, 5.74) is 1.80. The molecule has 2 aromatic heterocycles. The van der Waals surface area contributed by atoms with E-state index < -0.39 is 11.6 Å². The van der Waals surface area contributed by atoms with E-state index in [2.05, 4.69) is 15.0 Å². The molecule has 0 saturated heterocycles. The maximum Gasteiger partial charge on any atom is 0.175 e. The second-order valence-corrected chi connectivity index (χ2v) is 8.79. The standard InChI is InChI=1S/C28H23F2N3O2/c1-4-19-22(29)9-8-15-10-18(35)12-20(23(15)19)26-24(30)27-21(13-31-26)25(32-28(33-27)14(2)3)16-6-5-7-17(34)11-16/h5-14,34-35H,4H2,1-3H3. The van der Waals surface area contributed by atoms with E-state index in [1.54, 1.807) is 30.3 Å². The molecule has 35 heavy (non-hydrogen) atoms. The Morgan fingerprint density at radius 2 is 1.71 bits per heavy atom. The molecular formula is C28H23F2N3O2. The summed E-state index contributed by atoms with van der Waals surface area (Å²) in [6.07, 6.45) is 1.87. The van der Waals surface area contributed by atoms with Crippen LogP contribution in [0.3, 0.4) is 0 Å². The lowest BCUT2D eigenvalue weighted by atomic mass is 9.94. The zero-order chi connectivity index (χ0) is 24.9. The Bertz CT molecular complexity index is 1620. The summed E-state index contributed by atoms with van der Waals surface area (Å²) in [6.45, 7) is 5.64. The number of fused-ring (bicyclic) bond motifs is 2. The third-order valence-electron chi connectivity index (χ3n) is 6.10. The van der Waals surface area contributed by atoms with Crippen molar-refractivity contribution in [2.45, 2.75) is 33.1 Å². The highest BCUT2D eigenvalue weighted by Gasteiger charge is 2.22. The Kier molecular flexibility index (Phi) is 5.55. The maximum atomic E-state index is 16.2. The monoisotopic (exact) mass is 471 g/mol. The van der Waals surface area contributed by atoms with Gasteiger partial charge in [0.1, 0.15) is 34.4 Å². The van der Waals surface area contributed by atoms with Crippen LogP contribution in [0.4, 0.5) is 8.78 Å². The van der Waals surface area contributed by atoms with E-state index in [9.17, 15) is 14.6 Å². The van der Waals surface area contributed by atoms with Crippen molar-refractivity contribution in [2.75, 3.05) is 0 Å². The summed E-state index contributed by atoms with van der Waals surface area (Å²) in [4.78, 5) is 13.6. The second kappa shape index (κ2) is 8.58. The fourth-order valence-electron chi connectivity index (χ4n) is 4.43. The highest BCUT2D eigenvalue weighted by Crippen LogP contribution is 2.39. The molecule has 0 aliphatic rings. The Labute approximate surface area is 200 Å². The van der Waals surface area contributed by atoms with E-state index in [-0.39, 0.29) is 28.6 Å². The molecule has 5 rings (SSSR count). The summed E-state index contributed by atoms with van der Waals surface area (Å²) in [5, 5.41) is 21.8. The molecule has 0 spiro atoms. The van der Waals surface area contributed by atoms with E-state index in [4.69, 9.17) is 0 Å². The number of hydrogen-bond acceptors (Lipinski definition) is 5. The number of benzene rings is 3. The molecule has 0 bridgehead atoms. The molecule has 2 heterocycles. The van der Waals surface area contributed by atoms with Gasteiger partial charge in [0.25, 0.3) is 0 Å². The highest BCUT2D eigenvalue weighted by molar-refractivity contribution is 6.02. The molecule has 3 aromatic carbocycles. The third kappa shape index (κ3) is 3.83. The van der Waals surface area contributed by atoms with Gasteiger partial charge in [-0.2, -0.15) is 0 Å². The van der Waals surface area contributed by atoms with E-state index in [0.717, 1.165) is 0 Å². The fraction of sp³-hybridized carbons (Fsp3) is 0.179. The molecular weight excluding hydrogens is 448 g/mol. The minimum atomic E-state index is -0.689. The SMILES string of the molecule is CCc1c(F)ccc2cc(O)cc(-c3ncc4c(-c5cccc(O)c5)nc(C(C)C)nc4c3F)c12. The number of phenols is 2. The normalized spacial score (nSPS) is 11.6. The fourth-order valence-corrected chi connectivity index (χ4v) is 4.43. The Morgan fingerprint density at radius 1 is 0.914 bits per heavy atom. The smallest absolute Gasteiger partial charge is 0.175 e. The van der Waals surface area contributed by atoms with Crippen LogP contribution in [0.1, 0.15) is 38.1 Å². The Hall–Kier alpha value is -4.13. The van der Waals surface area contributed by atoms with Crippen molar-refractivity contribution in [3.63, 3.8) is 0 Å². The molecule has 2 N–H and O–H groups in total. The maximum absolute atomic E-state index is 16.2. The first-order valence-electron chi connectivity index (χ1n) is 11.4. The first kappa shape index (κ1) is 22.7. The average molecular weight is 472 g/mol. The van der Waals surface area contributed by atoms with Crippen molar-refractivity contribution < 1.29 is 19.0 Å². The lowest BCUT2D eigenvalue weighted by Gasteiger charge is -2.15. The third-order valence-corrected chi connectivity index (χ3v) is 6.10. The minimum absolute atomic E-state index is 0.0334. The van der Waals surface area contributed by atoms with Gasteiger partial charge in [0.05, 0.1) is 5.69 Å². The number of aromatic nitrogens is 3. The largest absolute Gasteiger partial charge is 0.508 e. The van der Waals surface area contributed by atoms with Crippen LogP contribution in [-0.4, -0.2) is 25.2 Å². The van der Waals surface area contributed by atoms with Gasteiger partial charge in [0.2, 0.25) is 0 Å². The number of aromatic hydroxyl groups is 2. The molecule has 5 aromatic rings. The summed E-state index contributed by atoms with van der Waals surface area (Å²) in [6, 6.07) is 12.4. The average Bonchev–Trinajstić information content (AvgIpc) is 2.83. The molecule has 7 heteroatoms. The summed E-state index contributed by atoms with van der Waals surface area (Å²) < 4.78 is 30.9. The van der Waals surface area contributed by atoms with Gasteiger partial charge < -0.3 is 10.2 Å². The van der Waals surface area contributed by atoms with Crippen LogP contribution < -0.4 is 0 Å². The van der Waals surface area contributed by atoms with Crippen molar-refractivity contribution in [2.24, 2.45) is 0 Å². The highest BCUT2D eigenvalue weighted by atomic mass is 19.1. The van der Waals surface area contributed by atoms with Gasteiger partial charge in [-0.3, -0.25) is 4.98 Å². The van der Waals surface area contributed by atoms with Crippen molar-refractivity contribution in [3.05, 3.63) is 77.8 Å². The lowest BCUT2D eigenvalue weighted by Crippen LogP contribution is -2.04. The van der Waals surface area contributed by atoms with Gasteiger partial charge in [-0.1, -0.05) is 39.0 Å². The number of halogens is 2. The van der Waals surface area contributed by atoms with E-state index in [1.165, 1.54) is 24.4 Å². The van der Waals surface area contributed by atoms with E-state index >= 15 is 4.39 Å². The molecule has 176 valence electrons. The summed E-state index contributed by atoms with van der Waals surface area (Å²) in [7, 11) is 0. The molecule has 0 atom stereocenters. The first-order chi connectivity index (χ1) is 16.8. The quantitative estimate of drug-likeness (QED) is 0.298. The molecule has 0 saturated carbocycles. The number of hydrogen-bond donors (Lipinski definition) is 2. The number of rotatable bonds is 4. The predicted molar refractivity (Wildman–Crippen MR) is 132 cm³/mol. The number of aryl methyl sites for hydroxylation is 1. The van der Waals surface area contributed by atoms with Crippen LogP contribution in [0.15, 0.2) is 54.7 Å². The van der Waals surface area contributed by atoms with Gasteiger partial charge >= 0.3 is 0 Å². The number of nitrogens with zero attached hydrogens (tertiary/aromatic N) is 3. The topological polar surface area (TPSA) is 79.1 Å². The van der Waals surface area contributed by atoms with Crippen LogP contribution in [0, 0.1) is 11.6 Å². The van der Waals surface area contributed by atoms with Crippen LogP contribution in [0.25, 0.3) is 44.2 Å². The van der Waals surface area contributed by atoms with Crippen molar-refractivity contribution in [3.8, 4) is 34.0 Å². The van der Waals surface area contributed by atoms with Gasteiger partial charge in [0.15, 0.2) is 5.82 Å². The van der Waals surface area contributed by atoms with E-state index in [0.29, 0.717) is 50.8 Å². The van der Waals surface area contributed by atoms with Crippen LogP contribution in [-0.2, 0) is 6.42 Å². The molecule has 0 aliphatic carbocycles. The van der Waals surface area contributed by atoms with E-state index in [1.807, 2.05) is 20.8 Å².